The fourth-order valence-corrected chi connectivity index (χ4v) is 4.76. The average Bonchev–Trinajstić information content (AvgIpc) is 3.03. The van der Waals surface area contributed by atoms with Crippen LogP contribution in [-0.2, 0) is 10.3 Å². The minimum atomic E-state index is -0.573. The number of rotatable bonds is 7. The lowest BCUT2D eigenvalue weighted by Crippen LogP contribution is -2.36. The molecule has 0 spiro atoms. The Kier molecular flexibility index (Phi) is 4.65. The molecule has 2 fully saturated rings. The topological polar surface area (TPSA) is 25.2 Å². The summed E-state index contributed by atoms with van der Waals surface area (Å²) in [5.74, 6) is 0.308. The van der Waals surface area contributed by atoms with Gasteiger partial charge in [0.1, 0.15) is 0 Å². The lowest BCUT2D eigenvalue weighted by Gasteiger charge is -2.28. The summed E-state index contributed by atoms with van der Waals surface area (Å²) < 4.78 is 2.06. The average molecular weight is 373 g/mol. The van der Waals surface area contributed by atoms with Gasteiger partial charge in [-0.05, 0) is 70.5 Å². The minimum absolute atomic E-state index is 0.308. The molecule has 1 aromatic carbocycles. The molecule has 0 atom stereocenters. The summed E-state index contributed by atoms with van der Waals surface area (Å²) in [5.41, 5.74) is 0.872. The van der Waals surface area contributed by atoms with Crippen molar-refractivity contribution in [3.8, 4) is 0 Å². The van der Waals surface area contributed by atoms with E-state index in [1.54, 1.807) is 0 Å². The van der Waals surface area contributed by atoms with Gasteiger partial charge in [-0.1, -0.05) is 29.8 Å². The molecule has 0 bridgehead atoms. The van der Waals surface area contributed by atoms with E-state index < -0.39 is 5.54 Å². The first-order valence-electron chi connectivity index (χ1n) is 9.93. The van der Waals surface area contributed by atoms with Crippen LogP contribution in [0.1, 0.15) is 52.4 Å². The van der Waals surface area contributed by atoms with Gasteiger partial charge in [0.2, 0.25) is 0 Å². The number of carbonyl (C=O) groups excluding carboxylic acids is 1. The van der Waals surface area contributed by atoms with E-state index in [-0.39, 0.29) is 0 Å². The van der Waals surface area contributed by atoms with Crippen LogP contribution in [0.2, 0.25) is 5.02 Å². The number of para-hydroxylation sites is 1. The molecule has 1 aliphatic heterocycles. The minimum Gasteiger partial charge on any atom is -0.333 e. The molecule has 2 aromatic rings. The normalized spacial score (nSPS) is 20.0. The van der Waals surface area contributed by atoms with E-state index in [4.69, 9.17) is 11.6 Å². The van der Waals surface area contributed by atoms with Crippen LogP contribution in [0.4, 0.5) is 0 Å². The number of aromatic nitrogens is 1. The Hall–Kier alpha value is -1.32. The van der Waals surface area contributed by atoms with Gasteiger partial charge >= 0.3 is 0 Å². The van der Waals surface area contributed by atoms with Crippen molar-refractivity contribution < 1.29 is 4.79 Å². The van der Waals surface area contributed by atoms with Crippen LogP contribution in [0.5, 0.6) is 0 Å². The summed E-state index contributed by atoms with van der Waals surface area (Å²) in [5, 5.41) is 1.73. The number of likely N-dealkylation sites (tertiary alicyclic amines) is 1. The number of hydrogen-bond acceptors (Lipinski definition) is 2. The molecule has 1 aliphatic carbocycles. The zero-order valence-electron chi connectivity index (χ0n) is 15.9. The summed E-state index contributed by atoms with van der Waals surface area (Å²) in [6.07, 6.45) is 8.85. The summed E-state index contributed by atoms with van der Waals surface area (Å²) in [6, 6.07) is 8.06. The van der Waals surface area contributed by atoms with Gasteiger partial charge in [-0.2, -0.15) is 0 Å². The van der Waals surface area contributed by atoms with Crippen LogP contribution >= 0.6 is 11.6 Å². The Balaban J connectivity index is 1.46. The molecule has 4 rings (SSSR count). The largest absolute Gasteiger partial charge is 0.333 e. The van der Waals surface area contributed by atoms with Crippen molar-refractivity contribution in [2.45, 2.75) is 57.9 Å². The molecule has 2 aliphatic rings. The zero-order valence-corrected chi connectivity index (χ0v) is 16.7. The fraction of sp³-hybridized carbons (Fsp3) is 0.591. The predicted molar refractivity (Wildman–Crippen MR) is 108 cm³/mol. The molecule has 4 heteroatoms. The van der Waals surface area contributed by atoms with Crippen molar-refractivity contribution in [3.05, 3.63) is 35.5 Å². The maximum atomic E-state index is 13.2. The van der Waals surface area contributed by atoms with Gasteiger partial charge < -0.3 is 9.47 Å². The van der Waals surface area contributed by atoms with Gasteiger partial charge in [-0.25, -0.2) is 0 Å². The van der Waals surface area contributed by atoms with Crippen molar-refractivity contribution >= 4 is 28.3 Å². The van der Waals surface area contributed by atoms with E-state index in [0.29, 0.717) is 22.6 Å². The van der Waals surface area contributed by atoms with E-state index in [1.165, 1.54) is 45.3 Å². The monoisotopic (exact) mass is 372 g/mol. The summed E-state index contributed by atoms with van der Waals surface area (Å²) in [7, 11) is 0. The number of hydrogen-bond donors (Lipinski definition) is 0. The maximum absolute atomic E-state index is 13.2. The van der Waals surface area contributed by atoms with E-state index in [9.17, 15) is 4.79 Å². The number of carbonyl (C=O) groups is 1. The first-order chi connectivity index (χ1) is 12.4. The highest BCUT2D eigenvalue weighted by Crippen LogP contribution is 2.51. The molecule has 1 aromatic heterocycles. The van der Waals surface area contributed by atoms with E-state index in [1.807, 2.05) is 44.3 Å². The second-order valence-electron chi connectivity index (χ2n) is 8.83. The number of nitrogens with zero attached hydrogens (tertiary/aromatic N) is 2. The van der Waals surface area contributed by atoms with Gasteiger partial charge in [0.15, 0.2) is 5.78 Å². The van der Waals surface area contributed by atoms with Gasteiger partial charge in [0, 0.05) is 24.5 Å². The molecular formula is C22H29ClN2O. The zero-order chi connectivity index (χ0) is 18.4. The maximum Gasteiger partial charge on any atom is 0.158 e. The van der Waals surface area contributed by atoms with Crippen molar-refractivity contribution in [3.63, 3.8) is 0 Å². The highest BCUT2D eigenvalue weighted by Gasteiger charge is 2.45. The van der Waals surface area contributed by atoms with Crippen LogP contribution in [0.15, 0.2) is 30.5 Å². The fourth-order valence-electron chi connectivity index (χ4n) is 4.50. The highest BCUT2D eigenvalue weighted by molar-refractivity contribution is 6.35. The lowest BCUT2D eigenvalue weighted by molar-refractivity contribution is -0.126. The van der Waals surface area contributed by atoms with E-state index >= 15 is 0 Å². The molecule has 26 heavy (non-hydrogen) atoms. The van der Waals surface area contributed by atoms with Gasteiger partial charge in [-0.3, -0.25) is 4.79 Å². The Labute approximate surface area is 161 Å². The highest BCUT2D eigenvalue weighted by atomic mass is 35.5. The number of halogens is 1. The number of ketones is 1. The van der Waals surface area contributed by atoms with E-state index in [0.717, 1.165) is 17.3 Å². The van der Waals surface area contributed by atoms with Crippen LogP contribution in [0.25, 0.3) is 10.9 Å². The van der Waals surface area contributed by atoms with Crippen molar-refractivity contribution in [1.29, 1.82) is 0 Å². The summed E-state index contributed by atoms with van der Waals surface area (Å²) >= 11 is 6.41. The summed E-state index contributed by atoms with van der Waals surface area (Å²) in [4.78, 5) is 15.8. The molecule has 3 nitrogen and oxygen atoms in total. The van der Waals surface area contributed by atoms with Crippen LogP contribution in [-0.4, -0.2) is 34.9 Å². The molecule has 140 valence electrons. The number of Topliss-reactive ketones (excluding diaryl/α,β-unsaturated/α-hetero) is 1. The molecule has 1 saturated heterocycles. The Morgan fingerprint density at radius 2 is 1.88 bits per heavy atom. The van der Waals surface area contributed by atoms with Gasteiger partial charge in [0.25, 0.3) is 0 Å². The van der Waals surface area contributed by atoms with Crippen molar-refractivity contribution in [2.75, 3.05) is 19.6 Å². The molecule has 0 N–H and O–H groups in total. The Morgan fingerprint density at radius 3 is 2.58 bits per heavy atom. The molecule has 0 unspecified atom stereocenters. The smallest absolute Gasteiger partial charge is 0.158 e. The second-order valence-corrected chi connectivity index (χ2v) is 9.24. The third kappa shape index (κ3) is 3.32. The summed E-state index contributed by atoms with van der Waals surface area (Å²) in [6.45, 7) is 7.74. The van der Waals surface area contributed by atoms with Crippen molar-refractivity contribution in [1.82, 2.24) is 9.47 Å². The molecular weight excluding hydrogens is 344 g/mol. The van der Waals surface area contributed by atoms with Crippen molar-refractivity contribution in [2.24, 2.45) is 5.41 Å². The van der Waals surface area contributed by atoms with Gasteiger partial charge in [-0.15, -0.1) is 0 Å². The third-order valence-corrected chi connectivity index (χ3v) is 6.85. The first-order valence-corrected chi connectivity index (χ1v) is 10.3. The number of benzene rings is 1. The standard InChI is InChI=1S/C22H29ClN2O/c1-21(2,25-15-18(23)17-7-3-4-8-19(17)25)20(26)9-10-22(11-12-22)16-24-13-5-6-14-24/h3-4,7-8,15H,5-6,9-14,16H2,1-2H3. The molecule has 0 radical (unpaired) electrons. The van der Waals surface area contributed by atoms with Crippen LogP contribution in [0, 0.1) is 5.41 Å². The molecule has 2 heterocycles. The van der Waals surface area contributed by atoms with Crippen LogP contribution in [0.3, 0.4) is 0 Å². The molecule has 0 amide bonds. The van der Waals surface area contributed by atoms with Gasteiger partial charge in [0.05, 0.1) is 16.1 Å². The quantitative estimate of drug-likeness (QED) is 0.662. The SMILES string of the molecule is CC(C)(C(=O)CCC1(CN2CCCC2)CC1)n1cc(Cl)c2ccccc21. The number of fused-ring (bicyclic) bond motifs is 1. The lowest BCUT2D eigenvalue weighted by atomic mass is 9.90. The van der Waals surface area contributed by atoms with E-state index in [2.05, 4.69) is 9.47 Å². The second kappa shape index (κ2) is 6.69. The molecule has 1 saturated carbocycles. The third-order valence-electron chi connectivity index (χ3n) is 6.55. The van der Waals surface area contributed by atoms with Crippen LogP contribution < -0.4 is 0 Å². The predicted octanol–water partition coefficient (Wildman–Crippen LogP) is 5.26. The first kappa shape index (κ1) is 18.1. The Morgan fingerprint density at radius 1 is 1.19 bits per heavy atom. The Bertz CT molecular complexity index is 813.